The van der Waals surface area contributed by atoms with Gasteiger partial charge in [0.2, 0.25) is 5.91 Å². The molecule has 0 spiro atoms. The Kier molecular flexibility index (Phi) is 27.3. The molecule has 4 nitrogen and oxygen atoms in total. The van der Waals surface area contributed by atoms with Crippen molar-refractivity contribution in [3.63, 3.8) is 0 Å². The molecule has 0 saturated carbocycles. The van der Waals surface area contributed by atoms with E-state index in [1.165, 1.54) is 116 Å². The summed E-state index contributed by atoms with van der Waals surface area (Å²) < 4.78 is 5.28. The van der Waals surface area contributed by atoms with Gasteiger partial charge in [0, 0.05) is 19.4 Å². The lowest BCUT2D eigenvalue weighted by Crippen LogP contribution is -2.24. The van der Waals surface area contributed by atoms with E-state index in [1.807, 2.05) is 0 Å². The first kappa shape index (κ1) is 32.9. The maximum absolute atomic E-state index is 11.9. The van der Waals surface area contributed by atoms with Crippen LogP contribution in [0.4, 0.5) is 0 Å². The molecule has 1 N–H and O–H groups in total. The molecule has 0 aliphatic rings. The smallest absolute Gasteiger partial charge is 0.305 e. The molecule has 0 heterocycles. The first-order valence-corrected chi connectivity index (χ1v) is 15.1. The average molecular weight is 482 g/mol. The van der Waals surface area contributed by atoms with Gasteiger partial charge in [-0.15, -0.1) is 0 Å². The summed E-state index contributed by atoms with van der Waals surface area (Å²) >= 11 is 0. The molecule has 0 atom stereocenters. The van der Waals surface area contributed by atoms with E-state index in [9.17, 15) is 9.59 Å². The molecule has 0 rings (SSSR count). The van der Waals surface area contributed by atoms with Crippen LogP contribution in [0.1, 0.15) is 168 Å². The highest BCUT2D eigenvalue weighted by molar-refractivity contribution is 5.75. The Morgan fingerprint density at radius 1 is 0.500 bits per heavy atom. The molecule has 0 aliphatic carbocycles. The molecule has 202 valence electrons. The van der Waals surface area contributed by atoms with Gasteiger partial charge in [-0.2, -0.15) is 0 Å². The SMILES string of the molecule is CCCCCCCCCCCCCC(=O)OCCCC(=O)NCCCCCCCCCCCC. The standard InChI is InChI=1S/C30H59NO3/c1-3-5-7-9-11-13-15-16-18-20-22-26-30(33)34-28-24-25-29(32)31-27-23-21-19-17-14-12-10-8-6-4-2/h3-28H2,1-2H3,(H,31,32). The number of unbranched alkanes of at least 4 members (excludes halogenated alkanes) is 19. The lowest BCUT2D eigenvalue weighted by Gasteiger charge is -2.07. The van der Waals surface area contributed by atoms with Crippen LogP contribution >= 0.6 is 0 Å². The fourth-order valence-electron chi connectivity index (χ4n) is 4.35. The van der Waals surface area contributed by atoms with Crippen molar-refractivity contribution in [3.05, 3.63) is 0 Å². The van der Waals surface area contributed by atoms with Crippen LogP contribution < -0.4 is 5.32 Å². The number of carbonyl (C=O) groups excluding carboxylic acids is 2. The van der Waals surface area contributed by atoms with Crippen molar-refractivity contribution in [2.24, 2.45) is 0 Å². The van der Waals surface area contributed by atoms with Gasteiger partial charge in [0.1, 0.15) is 0 Å². The predicted molar refractivity (Wildman–Crippen MR) is 146 cm³/mol. The quantitative estimate of drug-likeness (QED) is 0.0940. The van der Waals surface area contributed by atoms with Crippen LogP contribution in [0.5, 0.6) is 0 Å². The van der Waals surface area contributed by atoms with Gasteiger partial charge >= 0.3 is 5.97 Å². The van der Waals surface area contributed by atoms with Crippen molar-refractivity contribution in [3.8, 4) is 0 Å². The zero-order chi connectivity index (χ0) is 25.0. The number of rotatable bonds is 27. The Morgan fingerprint density at radius 2 is 0.912 bits per heavy atom. The number of amides is 1. The van der Waals surface area contributed by atoms with E-state index >= 15 is 0 Å². The highest BCUT2D eigenvalue weighted by Crippen LogP contribution is 2.12. The molecule has 0 unspecified atom stereocenters. The number of ether oxygens (including phenoxy) is 1. The summed E-state index contributed by atoms with van der Waals surface area (Å²) in [5.41, 5.74) is 0. The molecule has 0 aliphatic heterocycles. The third-order valence-electron chi connectivity index (χ3n) is 6.65. The van der Waals surface area contributed by atoms with E-state index in [4.69, 9.17) is 4.74 Å². The molecule has 0 aromatic heterocycles. The summed E-state index contributed by atoms with van der Waals surface area (Å²) in [7, 11) is 0. The number of esters is 1. The van der Waals surface area contributed by atoms with Crippen molar-refractivity contribution in [2.75, 3.05) is 13.2 Å². The minimum atomic E-state index is -0.110. The normalized spacial score (nSPS) is 11.0. The van der Waals surface area contributed by atoms with E-state index in [1.54, 1.807) is 0 Å². The van der Waals surface area contributed by atoms with Gasteiger partial charge in [0.15, 0.2) is 0 Å². The number of hydrogen-bond donors (Lipinski definition) is 1. The highest BCUT2D eigenvalue weighted by Gasteiger charge is 2.05. The highest BCUT2D eigenvalue weighted by atomic mass is 16.5. The number of carbonyl (C=O) groups is 2. The Morgan fingerprint density at radius 3 is 1.38 bits per heavy atom. The molecule has 34 heavy (non-hydrogen) atoms. The van der Waals surface area contributed by atoms with Crippen molar-refractivity contribution in [1.82, 2.24) is 5.32 Å². The van der Waals surface area contributed by atoms with Crippen LogP contribution in [0.15, 0.2) is 0 Å². The first-order valence-electron chi connectivity index (χ1n) is 15.1. The number of hydrogen-bond acceptors (Lipinski definition) is 3. The van der Waals surface area contributed by atoms with Gasteiger partial charge in [-0.05, 0) is 19.3 Å². The molecule has 0 saturated heterocycles. The second-order valence-electron chi connectivity index (χ2n) is 10.1. The minimum absolute atomic E-state index is 0.0809. The number of nitrogens with one attached hydrogen (secondary N) is 1. The fourth-order valence-corrected chi connectivity index (χ4v) is 4.35. The van der Waals surface area contributed by atoms with Crippen LogP contribution in [-0.2, 0) is 14.3 Å². The fraction of sp³-hybridized carbons (Fsp3) is 0.933. The Bertz CT molecular complexity index is 399. The van der Waals surface area contributed by atoms with Gasteiger partial charge in [-0.25, -0.2) is 0 Å². The van der Waals surface area contributed by atoms with Crippen molar-refractivity contribution in [1.29, 1.82) is 0 Å². The Labute approximate surface area is 212 Å². The van der Waals surface area contributed by atoms with E-state index in [2.05, 4.69) is 19.2 Å². The van der Waals surface area contributed by atoms with Gasteiger partial charge in [0.05, 0.1) is 6.61 Å². The zero-order valence-electron chi connectivity index (χ0n) is 23.1. The molecular formula is C30H59NO3. The Hall–Kier alpha value is -1.06. The summed E-state index contributed by atoms with van der Waals surface area (Å²) in [6.45, 7) is 5.65. The molecule has 0 fully saturated rings. The van der Waals surface area contributed by atoms with Gasteiger partial charge in [0.25, 0.3) is 0 Å². The first-order chi connectivity index (χ1) is 16.7. The molecule has 0 radical (unpaired) electrons. The van der Waals surface area contributed by atoms with Crippen LogP contribution in [0.25, 0.3) is 0 Å². The third kappa shape index (κ3) is 27.2. The van der Waals surface area contributed by atoms with E-state index < -0.39 is 0 Å². The topological polar surface area (TPSA) is 55.4 Å². The molecular weight excluding hydrogens is 422 g/mol. The van der Waals surface area contributed by atoms with Crippen molar-refractivity contribution < 1.29 is 14.3 Å². The maximum atomic E-state index is 11.9. The monoisotopic (exact) mass is 481 g/mol. The average Bonchev–Trinajstić information content (AvgIpc) is 2.83. The van der Waals surface area contributed by atoms with Gasteiger partial charge in [-0.1, -0.05) is 136 Å². The second kappa shape index (κ2) is 28.2. The van der Waals surface area contributed by atoms with Gasteiger partial charge < -0.3 is 10.1 Å². The minimum Gasteiger partial charge on any atom is -0.466 e. The van der Waals surface area contributed by atoms with E-state index in [0.29, 0.717) is 25.9 Å². The van der Waals surface area contributed by atoms with Crippen LogP contribution in [0.2, 0.25) is 0 Å². The molecule has 0 aromatic carbocycles. The zero-order valence-corrected chi connectivity index (χ0v) is 23.1. The van der Waals surface area contributed by atoms with Crippen LogP contribution in [0, 0.1) is 0 Å². The summed E-state index contributed by atoms with van der Waals surface area (Å²) in [5.74, 6) is -0.0287. The lowest BCUT2D eigenvalue weighted by atomic mass is 10.1. The maximum Gasteiger partial charge on any atom is 0.305 e. The lowest BCUT2D eigenvalue weighted by molar-refractivity contribution is -0.144. The van der Waals surface area contributed by atoms with Crippen LogP contribution in [0.3, 0.4) is 0 Å². The molecule has 0 bridgehead atoms. The van der Waals surface area contributed by atoms with E-state index in [0.717, 1.165) is 25.8 Å². The third-order valence-corrected chi connectivity index (χ3v) is 6.65. The van der Waals surface area contributed by atoms with Gasteiger partial charge in [-0.3, -0.25) is 9.59 Å². The summed E-state index contributed by atoms with van der Waals surface area (Å²) in [6.07, 6.45) is 28.7. The predicted octanol–water partition coefficient (Wildman–Crippen LogP) is 9.05. The summed E-state index contributed by atoms with van der Waals surface area (Å²) in [4.78, 5) is 23.7. The molecule has 0 aromatic rings. The van der Waals surface area contributed by atoms with Crippen LogP contribution in [-0.4, -0.2) is 25.0 Å². The molecule has 1 amide bonds. The van der Waals surface area contributed by atoms with Crippen molar-refractivity contribution in [2.45, 2.75) is 168 Å². The Balaban J connectivity index is 3.28. The largest absolute Gasteiger partial charge is 0.466 e. The van der Waals surface area contributed by atoms with E-state index in [-0.39, 0.29) is 11.9 Å². The second-order valence-corrected chi connectivity index (χ2v) is 10.1. The summed E-state index contributed by atoms with van der Waals surface area (Å²) in [6, 6.07) is 0. The van der Waals surface area contributed by atoms with Crippen molar-refractivity contribution >= 4 is 11.9 Å². The molecule has 4 heteroatoms. The summed E-state index contributed by atoms with van der Waals surface area (Å²) in [5, 5.41) is 2.99.